The van der Waals surface area contributed by atoms with Crippen molar-refractivity contribution in [2.75, 3.05) is 7.11 Å². The summed E-state index contributed by atoms with van der Waals surface area (Å²) < 4.78 is 4.53. The molecule has 0 aliphatic heterocycles. The molecule has 0 aromatic heterocycles. The average Bonchev–Trinajstić information content (AvgIpc) is 2.26. The van der Waals surface area contributed by atoms with Crippen LogP contribution in [0.25, 0.3) is 6.08 Å². The van der Waals surface area contributed by atoms with Gasteiger partial charge in [0.15, 0.2) is 0 Å². The number of nitrogens with one attached hydrogen (secondary N) is 1. The van der Waals surface area contributed by atoms with Crippen LogP contribution in [0.2, 0.25) is 0 Å². The molecule has 0 fully saturated rings. The van der Waals surface area contributed by atoms with Gasteiger partial charge in [-0.1, -0.05) is 12.1 Å². The van der Waals surface area contributed by atoms with Gasteiger partial charge >= 0.3 is 5.97 Å². The monoisotopic (exact) mass is 235 g/mol. The van der Waals surface area contributed by atoms with E-state index in [1.165, 1.54) is 32.2 Å². The van der Waals surface area contributed by atoms with Crippen molar-refractivity contribution in [1.82, 2.24) is 5.32 Å². The SMILES string of the molecule is COC(=O)C(=Cc1cccc(O)c1)NC(C)=O. The highest BCUT2D eigenvalue weighted by Gasteiger charge is 2.10. The van der Waals surface area contributed by atoms with Crippen molar-refractivity contribution in [3.8, 4) is 5.75 Å². The molecule has 0 aliphatic carbocycles. The van der Waals surface area contributed by atoms with Crippen molar-refractivity contribution in [2.45, 2.75) is 6.92 Å². The van der Waals surface area contributed by atoms with E-state index in [1.807, 2.05) is 0 Å². The molecule has 90 valence electrons. The topological polar surface area (TPSA) is 75.6 Å². The maximum atomic E-state index is 11.4. The lowest BCUT2D eigenvalue weighted by Gasteiger charge is -2.05. The van der Waals surface area contributed by atoms with Crippen LogP contribution in [0.5, 0.6) is 5.75 Å². The summed E-state index contributed by atoms with van der Waals surface area (Å²) >= 11 is 0. The summed E-state index contributed by atoms with van der Waals surface area (Å²) in [4.78, 5) is 22.3. The lowest BCUT2D eigenvalue weighted by Crippen LogP contribution is -2.25. The number of ether oxygens (including phenoxy) is 1. The highest BCUT2D eigenvalue weighted by molar-refractivity contribution is 5.97. The fraction of sp³-hybridized carbons (Fsp3) is 0.167. The first-order valence-electron chi connectivity index (χ1n) is 4.89. The number of phenolic OH excluding ortho intramolecular Hbond substituents is 1. The Bertz CT molecular complexity index is 465. The minimum absolute atomic E-state index is 0.0191. The number of esters is 1. The van der Waals surface area contributed by atoms with Crippen molar-refractivity contribution in [3.63, 3.8) is 0 Å². The molecule has 1 aromatic carbocycles. The normalized spacial score (nSPS) is 10.8. The number of rotatable bonds is 3. The van der Waals surface area contributed by atoms with Gasteiger partial charge in [0, 0.05) is 6.92 Å². The molecule has 5 heteroatoms. The van der Waals surface area contributed by atoms with E-state index >= 15 is 0 Å². The first kappa shape index (κ1) is 12.8. The molecule has 0 saturated heterocycles. The van der Waals surface area contributed by atoms with E-state index in [9.17, 15) is 14.7 Å². The number of benzene rings is 1. The van der Waals surface area contributed by atoms with Gasteiger partial charge in [-0.2, -0.15) is 0 Å². The zero-order valence-corrected chi connectivity index (χ0v) is 9.56. The summed E-state index contributed by atoms with van der Waals surface area (Å²) in [6.07, 6.45) is 1.42. The molecule has 17 heavy (non-hydrogen) atoms. The van der Waals surface area contributed by atoms with E-state index in [2.05, 4.69) is 10.1 Å². The smallest absolute Gasteiger partial charge is 0.354 e. The van der Waals surface area contributed by atoms with Crippen LogP contribution < -0.4 is 5.32 Å². The average molecular weight is 235 g/mol. The molecular weight excluding hydrogens is 222 g/mol. The second kappa shape index (κ2) is 5.69. The number of carbonyl (C=O) groups is 2. The van der Waals surface area contributed by atoms with E-state index < -0.39 is 5.97 Å². The van der Waals surface area contributed by atoms with Crippen LogP contribution >= 0.6 is 0 Å². The summed E-state index contributed by atoms with van der Waals surface area (Å²) in [5.74, 6) is -0.948. The molecule has 0 radical (unpaired) electrons. The first-order valence-corrected chi connectivity index (χ1v) is 4.89. The zero-order valence-electron chi connectivity index (χ0n) is 9.56. The quantitative estimate of drug-likeness (QED) is 0.606. The minimum atomic E-state index is -0.649. The maximum absolute atomic E-state index is 11.4. The van der Waals surface area contributed by atoms with Crippen molar-refractivity contribution < 1.29 is 19.4 Å². The maximum Gasteiger partial charge on any atom is 0.354 e. The fourth-order valence-electron chi connectivity index (χ4n) is 1.23. The van der Waals surface area contributed by atoms with Crippen molar-refractivity contribution in [2.24, 2.45) is 0 Å². The number of amides is 1. The van der Waals surface area contributed by atoms with Gasteiger partial charge in [-0.25, -0.2) is 4.79 Å². The molecule has 0 unspecified atom stereocenters. The van der Waals surface area contributed by atoms with Gasteiger partial charge in [0.25, 0.3) is 0 Å². The van der Waals surface area contributed by atoms with Gasteiger partial charge in [0.05, 0.1) is 7.11 Å². The summed E-state index contributed by atoms with van der Waals surface area (Å²) in [7, 11) is 1.22. The van der Waals surface area contributed by atoms with Crippen LogP contribution in [-0.2, 0) is 14.3 Å². The molecule has 0 atom stereocenters. The van der Waals surface area contributed by atoms with Crippen LogP contribution in [0, 0.1) is 0 Å². The fourth-order valence-corrected chi connectivity index (χ4v) is 1.23. The molecule has 0 spiro atoms. The standard InChI is InChI=1S/C12H13NO4/c1-8(14)13-11(12(16)17-2)7-9-4-3-5-10(15)6-9/h3-7,15H,1-2H3,(H,13,14). The van der Waals surface area contributed by atoms with Crippen molar-refractivity contribution >= 4 is 18.0 Å². The highest BCUT2D eigenvalue weighted by atomic mass is 16.5. The van der Waals surface area contributed by atoms with Gasteiger partial charge in [0.2, 0.25) is 5.91 Å². The molecule has 1 aromatic rings. The molecule has 1 rings (SSSR count). The van der Waals surface area contributed by atoms with Crippen molar-refractivity contribution in [3.05, 3.63) is 35.5 Å². The number of hydrogen-bond acceptors (Lipinski definition) is 4. The Kier molecular flexibility index (Phi) is 4.28. The predicted octanol–water partition coefficient (Wildman–Crippen LogP) is 1.04. The second-order valence-corrected chi connectivity index (χ2v) is 3.33. The third kappa shape index (κ3) is 3.98. The molecule has 2 N–H and O–H groups in total. The Hall–Kier alpha value is -2.30. The summed E-state index contributed by atoms with van der Waals surface area (Å²) in [5.41, 5.74) is 0.602. The van der Waals surface area contributed by atoms with Gasteiger partial charge in [0.1, 0.15) is 11.4 Å². The predicted molar refractivity (Wildman–Crippen MR) is 61.9 cm³/mol. The van der Waals surface area contributed by atoms with E-state index in [1.54, 1.807) is 12.1 Å². The van der Waals surface area contributed by atoms with Crippen LogP contribution in [0.3, 0.4) is 0 Å². The van der Waals surface area contributed by atoms with Gasteiger partial charge in [-0.15, -0.1) is 0 Å². The Morgan fingerprint density at radius 2 is 2.12 bits per heavy atom. The molecule has 0 saturated carbocycles. The Balaban J connectivity index is 3.04. The molecular formula is C12H13NO4. The molecule has 1 amide bonds. The van der Waals surface area contributed by atoms with E-state index in [0.29, 0.717) is 5.56 Å². The molecule has 5 nitrogen and oxygen atoms in total. The van der Waals surface area contributed by atoms with E-state index in [0.717, 1.165) is 0 Å². The van der Waals surface area contributed by atoms with E-state index in [-0.39, 0.29) is 17.4 Å². The van der Waals surface area contributed by atoms with Crippen LogP contribution in [0.1, 0.15) is 12.5 Å². The van der Waals surface area contributed by atoms with Gasteiger partial charge in [-0.3, -0.25) is 4.79 Å². The third-order valence-electron chi connectivity index (χ3n) is 1.90. The minimum Gasteiger partial charge on any atom is -0.508 e. The number of carbonyl (C=O) groups excluding carboxylic acids is 2. The van der Waals surface area contributed by atoms with Crippen LogP contribution in [-0.4, -0.2) is 24.1 Å². The highest BCUT2D eigenvalue weighted by Crippen LogP contribution is 2.13. The van der Waals surface area contributed by atoms with E-state index in [4.69, 9.17) is 0 Å². The van der Waals surface area contributed by atoms with Gasteiger partial charge in [-0.05, 0) is 23.8 Å². The zero-order chi connectivity index (χ0) is 12.8. The first-order chi connectivity index (χ1) is 8.02. The number of phenols is 1. The number of methoxy groups -OCH3 is 1. The summed E-state index contributed by atoms with van der Waals surface area (Å²) in [5, 5.41) is 11.6. The number of aromatic hydroxyl groups is 1. The Labute approximate surface area is 98.7 Å². The van der Waals surface area contributed by atoms with Gasteiger partial charge < -0.3 is 15.2 Å². The molecule has 0 heterocycles. The van der Waals surface area contributed by atoms with Crippen LogP contribution in [0.15, 0.2) is 30.0 Å². The Morgan fingerprint density at radius 3 is 2.65 bits per heavy atom. The lowest BCUT2D eigenvalue weighted by atomic mass is 10.2. The largest absolute Gasteiger partial charge is 0.508 e. The summed E-state index contributed by atoms with van der Waals surface area (Å²) in [6.45, 7) is 1.29. The lowest BCUT2D eigenvalue weighted by molar-refractivity contribution is -0.137. The summed E-state index contributed by atoms with van der Waals surface area (Å²) in [6, 6.07) is 6.28. The molecule has 0 aliphatic rings. The molecule has 0 bridgehead atoms. The Morgan fingerprint density at radius 1 is 1.41 bits per heavy atom. The van der Waals surface area contributed by atoms with Crippen molar-refractivity contribution in [1.29, 1.82) is 0 Å². The number of hydrogen-bond donors (Lipinski definition) is 2. The third-order valence-corrected chi connectivity index (χ3v) is 1.90. The van der Waals surface area contributed by atoms with Crippen LogP contribution in [0.4, 0.5) is 0 Å². The second-order valence-electron chi connectivity index (χ2n) is 3.33.